The number of alkyl halides is 5. The first-order valence-electron chi connectivity index (χ1n) is 9.14. The van der Waals surface area contributed by atoms with Crippen LogP contribution < -0.4 is 9.47 Å². The number of aromatic hydroxyl groups is 1. The predicted molar refractivity (Wildman–Crippen MR) is 100 cm³/mol. The van der Waals surface area contributed by atoms with Crippen molar-refractivity contribution in [3.8, 4) is 28.4 Å². The molecule has 0 spiro atoms. The number of benzene rings is 3. The van der Waals surface area contributed by atoms with Gasteiger partial charge in [0, 0.05) is 6.07 Å². The first-order chi connectivity index (χ1) is 14.9. The lowest BCUT2D eigenvalue weighted by molar-refractivity contribution is -0.274. The Balaban J connectivity index is 1.96. The van der Waals surface area contributed by atoms with E-state index in [4.69, 9.17) is 0 Å². The summed E-state index contributed by atoms with van der Waals surface area (Å²) in [4.78, 5) is 0. The second-order valence-corrected chi connectivity index (χ2v) is 6.63. The monoisotopic (exact) mass is 460 g/mol. The van der Waals surface area contributed by atoms with E-state index in [1.807, 2.05) is 6.92 Å². The van der Waals surface area contributed by atoms with Crippen LogP contribution in [0.15, 0.2) is 54.6 Å². The van der Waals surface area contributed by atoms with Crippen LogP contribution in [0.25, 0.3) is 11.1 Å². The van der Waals surface area contributed by atoms with E-state index in [1.165, 1.54) is 12.1 Å². The van der Waals surface area contributed by atoms with E-state index in [0.717, 1.165) is 17.7 Å². The number of ether oxygens (including phenoxy) is 2. The second kappa shape index (κ2) is 8.60. The molecule has 0 bridgehead atoms. The molecule has 0 unspecified atom stereocenters. The van der Waals surface area contributed by atoms with Crippen molar-refractivity contribution in [3.63, 3.8) is 0 Å². The van der Waals surface area contributed by atoms with Gasteiger partial charge in [-0.05, 0) is 41.8 Å². The molecular formula is C22H15F7O3. The topological polar surface area (TPSA) is 38.7 Å². The molecule has 170 valence electrons. The maximum Gasteiger partial charge on any atom is 0.573 e. The molecule has 0 aliphatic heterocycles. The number of halogens is 7. The Hall–Kier alpha value is -3.43. The first-order valence-corrected chi connectivity index (χ1v) is 9.14. The van der Waals surface area contributed by atoms with Crippen LogP contribution in [-0.4, -0.2) is 11.5 Å². The Bertz CT molecular complexity index is 1090. The van der Waals surface area contributed by atoms with E-state index in [1.54, 1.807) is 12.1 Å². The van der Waals surface area contributed by atoms with Crippen LogP contribution in [0.1, 0.15) is 18.1 Å². The largest absolute Gasteiger partial charge is 0.573 e. The fourth-order valence-electron chi connectivity index (χ4n) is 2.96. The summed E-state index contributed by atoms with van der Waals surface area (Å²) >= 11 is 0. The van der Waals surface area contributed by atoms with Gasteiger partial charge in [-0.1, -0.05) is 31.2 Å². The highest BCUT2D eigenvalue weighted by molar-refractivity contribution is 5.72. The van der Waals surface area contributed by atoms with Crippen molar-refractivity contribution >= 4 is 0 Å². The van der Waals surface area contributed by atoms with Gasteiger partial charge in [-0.15, -0.1) is 13.2 Å². The Labute approximate surface area is 177 Å². The van der Waals surface area contributed by atoms with Crippen LogP contribution in [0.4, 0.5) is 30.7 Å². The number of phenols is 1. The zero-order valence-electron chi connectivity index (χ0n) is 16.3. The van der Waals surface area contributed by atoms with E-state index in [0.29, 0.717) is 24.6 Å². The highest BCUT2D eigenvalue weighted by atomic mass is 19.4. The van der Waals surface area contributed by atoms with Crippen LogP contribution in [-0.2, 0) is 12.5 Å². The van der Waals surface area contributed by atoms with E-state index in [9.17, 15) is 31.4 Å². The van der Waals surface area contributed by atoms with Crippen molar-refractivity contribution in [1.82, 2.24) is 0 Å². The lowest BCUT2D eigenvalue weighted by Crippen LogP contribution is -2.25. The standard InChI is InChI=1S/C22H15F7O3/c1-2-12-3-5-13(6-4-12)18-17(30)11-16(23)19(20(18)24)21(25,26)31-14-7-9-15(10-8-14)32-22(27,28)29/h3-11,30H,2H2,1H3. The molecule has 0 radical (unpaired) electrons. The van der Waals surface area contributed by atoms with E-state index >= 15 is 4.39 Å². The fourth-order valence-corrected chi connectivity index (χ4v) is 2.96. The average molecular weight is 460 g/mol. The number of rotatable bonds is 6. The summed E-state index contributed by atoms with van der Waals surface area (Å²) in [6, 6.07) is 9.12. The maximum atomic E-state index is 15.0. The third kappa shape index (κ3) is 5.06. The van der Waals surface area contributed by atoms with Gasteiger partial charge in [-0.2, -0.15) is 8.78 Å². The summed E-state index contributed by atoms with van der Waals surface area (Å²) in [6.45, 7) is 1.86. The zero-order chi connectivity index (χ0) is 23.7. The van der Waals surface area contributed by atoms with Crippen molar-refractivity contribution in [2.75, 3.05) is 0 Å². The minimum atomic E-state index is -4.99. The molecule has 0 saturated heterocycles. The van der Waals surface area contributed by atoms with E-state index in [2.05, 4.69) is 9.47 Å². The van der Waals surface area contributed by atoms with Gasteiger partial charge in [-0.25, -0.2) is 8.78 Å². The SMILES string of the molecule is CCc1ccc(-c2c(O)cc(F)c(C(F)(F)Oc3ccc(OC(F)(F)F)cc3)c2F)cc1. The summed E-state index contributed by atoms with van der Waals surface area (Å²) < 4.78 is 103. The quantitative estimate of drug-likeness (QED) is 0.406. The van der Waals surface area contributed by atoms with Gasteiger partial charge in [0.1, 0.15) is 28.6 Å². The van der Waals surface area contributed by atoms with Gasteiger partial charge >= 0.3 is 12.5 Å². The number of hydrogen-bond donors (Lipinski definition) is 1. The Morgan fingerprint density at radius 1 is 0.812 bits per heavy atom. The zero-order valence-corrected chi connectivity index (χ0v) is 16.3. The number of hydrogen-bond acceptors (Lipinski definition) is 3. The highest BCUT2D eigenvalue weighted by Gasteiger charge is 2.43. The predicted octanol–water partition coefficient (Wildman–Crippen LogP) is 6.93. The van der Waals surface area contributed by atoms with Gasteiger partial charge in [0.15, 0.2) is 5.82 Å². The molecule has 0 atom stereocenters. The highest BCUT2D eigenvalue weighted by Crippen LogP contribution is 2.42. The molecule has 1 N–H and O–H groups in total. The Kier molecular flexibility index (Phi) is 6.25. The van der Waals surface area contributed by atoms with Gasteiger partial charge in [-0.3, -0.25) is 0 Å². The minimum absolute atomic E-state index is 0.0305. The molecule has 0 fully saturated rings. The summed E-state index contributed by atoms with van der Waals surface area (Å²) in [6.07, 6.45) is -8.90. The summed E-state index contributed by atoms with van der Waals surface area (Å²) in [5, 5.41) is 9.98. The molecule has 3 rings (SSSR count). The normalized spacial score (nSPS) is 12.0. The molecule has 0 aliphatic carbocycles. The summed E-state index contributed by atoms with van der Waals surface area (Å²) in [5.74, 6) is -5.78. The van der Waals surface area contributed by atoms with Gasteiger partial charge in [0.05, 0.1) is 5.56 Å². The lowest BCUT2D eigenvalue weighted by atomic mass is 9.98. The molecule has 0 saturated carbocycles. The molecule has 0 heterocycles. The van der Waals surface area contributed by atoms with Crippen LogP contribution in [0.2, 0.25) is 0 Å². The van der Waals surface area contributed by atoms with Crippen molar-refractivity contribution in [2.24, 2.45) is 0 Å². The molecule has 10 heteroatoms. The van der Waals surface area contributed by atoms with Crippen LogP contribution in [0.3, 0.4) is 0 Å². The molecular weight excluding hydrogens is 445 g/mol. The van der Waals surface area contributed by atoms with Crippen molar-refractivity contribution < 1.29 is 45.3 Å². The van der Waals surface area contributed by atoms with Crippen molar-refractivity contribution in [1.29, 1.82) is 0 Å². The van der Waals surface area contributed by atoms with E-state index in [-0.39, 0.29) is 5.56 Å². The molecule has 0 aromatic heterocycles. The van der Waals surface area contributed by atoms with Crippen LogP contribution in [0, 0.1) is 11.6 Å². The van der Waals surface area contributed by atoms with E-state index < -0.39 is 52.5 Å². The molecule has 32 heavy (non-hydrogen) atoms. The summed E-state index contributed by atoms with van der Waals surface area (Å²) in [7, 11) is 0. The molecule has 3 nitrogen and oxygen atoms in total. The number of phenolic OH excluding ortho intramolecular Hbond substituents is 1. The Morgan fingerprint density at radius 3 is 1.84 bits per heavy atom. The lowest BCUT2D eigenvalue weighted by Gasteiger charge is -2.21. The third-order valence-electron chi connectivity index (χ3n) is 4.44. The molecule has 0 amide bonds. The summed E-state index contributed by atoms with van der Waals surface area (Å²) in [5.41, 5.74) is -1.52. The first kappa shape index (κ1) is 23.2. The van der Waals surface area contributed by atoms with Crippen LogP contribution >= 0.6 is 0 Å². The van der Waals surface area contributed by atoms with Gasteiger partial charge in [0.25, 0.3) is 0 Å². The fraction of sp³-hybridized carbons (Fsp3) is 0.182. The smallest absolute Gasteiger partial charge is 0.507 e. The minimum Gasteiger partial charge on any atom is -0.507 e. The molecule has 3 aromatic rings. The number of aryl methyl sites for hydroxylation is 1. The maximum absolute atomic E-state index is 15.0. The van der Waals surface area contributed by atoms with Crippen LogP contribution in [0.5, 0.6) is 17.2 Å². The molecule has 0 aliphatic rings. The van der Waals surface area contributed by atoms with Gasteiger partial charge in [0.2, 0.25) is 0 Å². The second-order valence-electron chi connectivity index (χ2n) is 6.63. The average Bonchev–Trinajstić information content (AvgIpc) is 2.68. The Morgan fingerprint density at radius 2 is 1.34 bits per heavy atom. The van der Waals surface area contributed by atoms with Crippen molar-refractivity contribution in [2.45, 2.75) is 25.8 Å². The molecule has 3 aromatic carbocycles. The van der Waals surface area contributed by atoms with Gasteiger partial charge < -0.3 is 14.6 Å². The third-order valence-corrected chi connectivity index (χ3v) is 4.44. The van der Waals surface area contributed by atoms with Crippen molar-refractivity contribution in [3.05, 3.63) is 77.4 Å².